The largest absolute Gasteiger partial charge is 0.336 e. The summed E-state index contributed by atoms with van der Waals surface area (Å²) < 4.78 is 0. The summed E-state index contributed by atoms with van der Waals surface area (Å²) in [4.78, 5) is 2.55. The molecule has 0 aromatic heterocycles. The first-order chi connectivity index (χ1) is 13.3. The zero-order valence-electron chi connectivity index (χ0n) is 18.0. The van der Waals surface area contributed by atoms with E-state index in [1.165, 1.54) is 39.2 Å². The Morgan fingerprint density at radius 3 is 2.07 bits per heavy atom. The summed E-state index contributed by atoms with van der Waals surface area (Å²) in [5.41, 5.74) is 9.67. The highest BCUT2D eigenvalue weighted by Gasteiger charge is 2.40. The Labute approximate surface area is 170 Å². The van der Waals surface area contributed by atoms with Crippen LogP contribution in [-0.4, -0.2) is 5.54 Å². The third kappa shape index (κ3) is 2.76. The zero-order chi connectivity index (χ0) is 20.1. The van der Waals surface area contributed by atoms with E-state index < -0.39 is 0 Å². The van der Waals surface area contributed by atoms with Gasteiger partial charge in [-0.1, -0.05) is 75.4 Å². The van der Waals surface area contributed by atoms with Gasteiger partial charge in [-0.2, -0.15) is 0 Å². The molecule has 0 heterocycles. The lowest BCUT2D eigenvalue weighted by Crippen LogP contribution is -2.39. The molecule has 28 heavy (non-hydrogen) atoms. The maximum atomic E-state index is 2.55. The SMILES string of the molecule is CCc1ccc2c(c1N(c1ccccc1)C(C)(C)C)C(C)(C)c1ccccc1-2. The van der Waals surface area contributed by atoms with Crippen LogP contribution in [0.5, 0.6) is 0 Å². The lowest BCUT2D eigenvalue weighted by Gasteiger charge is -2.42. The number of rotatable bonds is 3. The van der Waals surface area contributed by atoms with Crippen LogP contribution >= 0.6 is 0 Å². The van der Waals surface area contributed by atoms with E-state index in [4.69, 9.17) is 0 Å². The van der Waals surface area contributed by atoms with Crippen molar-refractivity contribution in [1.29, 1.82) is 0 Å². The molecule has 0 radical (unpaired) electrons. The maximum Gasteiger partial charge on any atom is 0.0495 e. The van der Waals surface area contributed by atoms with Gasteiger partial charge in [-0.05, 0) is 67.1 Å². The second kappa shape index (κ2) is 6.51. The van der Waals surface area contributed by atoms with E-state index in [1.807, 2.05) is 0 Å². The van der Waals surface area contributed by atoms with Gasteiger partial charge in [0, 0.05) is 22.3 Å². The summed E-state index contributed by atoms with van der Waals surface area (Å²) >= 11 is 0. The first-order valence-electron chi connectivity index (χ1n) is 10.4. The molecule has 0 amide bonds. The number of hydrogen-bond donors (Lipinski definition) is 0. The molecule has 1 aliphatic rings. The summed E-state index contributed by atoms with van der Waals surface area (Å²) in [7, 11) is 0. The van der Waals surface area contributed by atoms with Gasteiger partial charge in [0.25, 0.3) is 0 Å². The predicted octanol–water partition coefficient (Wildman–Crippen LogP) is 7.49. The molecule has 1 aliphatic carbocycles. The van der Waals surface area contributed by atoms with Gasteiger partial charge >= 0.3 is 0 Å². The van der Waals surface area contributed by atoms with Crippen LogP contribution in [0, 0.1) is 0 Å². The first-order valence-corrected chi connectivity index (χ1v) is 10.4. The molecule has 0 atom stereocenters. The lowest BCUT2D eigenvalue weighted by molar-refractivity contribution is 0.551. The molecule has 0 fully saturated rings. The van der Waals surface area contributed by atoms with Crippen molar-refractivity contribution in [3.05, 3.63) is 83.4 Å². The first kappa shape index (κ1) is 18.8. The van der Waals surface area contributed by atoms with Crippen molar-refractivity contribution in [3.8, 4) is 11.1 Å². The number of nitrogens with zero attached hydrogens (tertiary/aromatic N) is 1. The van der Waals surface area contributed by atoms with Gasteiger partial charge in [0.15, 0.2) is 0 Å². The van der Waals surface area contributed by atoms with Crippen molar-refractivity contribution in [1.82, 2.24) is 0 Å². The molecule has 0 saturated carbocycles. The van der Waals surface area contributed by atoms with Crippen molar-refractivity contribution < 1.29 is 0 Å². The fraction of sp³-hybridized carbons (Fsp3) is 0.333. The molecule has 0 spiro atoms. The van der Waals surface area contributed by atoms with Crippen LogP contribution in [0.4, 0.5) is 11.4 Å². The molecule has 1 heteroatoms. The normalized spacial score (nSPS) is 14.5. The van der Waals surface area contributed by atoms with Crippen LogP contribution in [0.1, 0.15) is 58.2 Å². The van der Waals surface area contributed by atoms with Crippen molar-refractivity contribution in [2.75, 3.05) is 4.90 Å². The third-order valence-electron chi connectivity index (χ3n) is 6.07. The molecule has 3 aromatic rings. The number of para-hydroxylation sites is 1. The molecule has 0 saturated heterocycles. The second-order valence-corrected chi connectivity index (χ2v) is 9.36. The fourth-order valence-electron chi connectivity index (χ4n) is 4.86. The molecule has 3 aromatic carbocycles. The van der Waals surface area contributed by atoms with Crippen LogP contribution in [-0.2, 0) is 11.8 Å². The molecule has 0 N–H and O–H groups in total. The van der Waals surface area contributed by atoms with E-state index in [2.05, 4.69) is 113 Å². The van der Waals surface area contributed by atoms with Gasteiger partial charge in [0.05, 0.1) is 0 Å². The Hall–Kier alpha value is -2.54. The van der Waals surface area contributed by atoms with E-state index >= 15 is 0 Å². The van der Waals surface area contributed by atoms with Crippen molar-refractivity contribution in [3.63, 3.8) is 0 Å². The number of hydrogen-bond acceptors (Lipinski definition) is 1. The van der Waals surface area contributed by atoms with E-state index in [1.54, 1.807) is 0 Å². The van der Waals surface area contributed by atoms with Crippen molar-refractivity contribution in [2.24, 2.45) is 0 Å². The van der Waals surface area contributed by atoms with Crippen LogP contribution < -0.4 is 4.90 Å². The van der Waals surface area contributed by atoms with Crippen molar-refractivity contribution >= 4 is 11.4 Å². The molecule has 4 rings (SSSR count). The molecule has 144 valence electrons. The highest BCUT2D eigenvalue weighted by atomic mass is 15.2. The smallest absolute Gasteiger partial charge is 0.0495 e. The Morgan fingerprint density at radius 2 is 1.43 bits per heavy atom. The van der Waals surface area contributed by atoms with Crippen LogP contribution in [0.2, 0.25) is 0 Å². The van der Waals surface area contributed by atoms with Gasteiger partial charge in [-0.15, -0.1) is 0 Å². The summed E-state index contributed by atoms with van der Waals surface area (Å²) in [6.07, 6.45) is 1.02. The standard InChI is InChI=1S/C27H31N/c1-7-19-17-18-22-21-15-11-12-16-23(21)27(5,6)24(22)25(19)28(26(2,3)4)20-13-9-8-10-14-20/h8-18H,7H2,1-6H3. The minimum Gasteiger partial charge on any atom is -0.336 e. The van der Waals surface area contributed by atoms with Gasteiger partial charge in [-0.3, -0.25) is 0 Å². The fourth-order valence-corrected chi connectivity index (χ4v) is 4.86. The number of anilines is 2. The lowest BCUT2D eigenvalue weighted by atomic mass is 9.79. The van der Waals surface area contributed by atoms with Gasteiger partial charge in [0.1, 0.15) is 0 Å². The molecular formula is C27H31N. The minimum atomic E-state index is -0.0365. The molecule has 0 unspecified atom stereocenters. The van der Waals surface area contributed by atoms with Crippen molar-refractivity contribution in [2.45, 2.75) is 58.9 Å². The molecular weight excluding hydrogens is 338 g/mol. The second-order valence-electron chi connectivity index (χ2n) is 9.36. The number of fused-ring (bicyclic) bond motifs is 3. The number of aryl methyl sites for hydroxylation is 1. The van der Waals surface area contributed by atoms with Crippen LogP contribution in [0.3, 0.4) is 0 Å². The quantitative estimate of drug-likeness (QED) is 0.462. The highest BCUT2D eigenvalue weighted by Crippen LogP contribution is 2.55. The average Bonchev–Trinajstić information content (AvgIpc) is 2.90. The summed E-state index contributed by atoms with van der Waals surface area (Å²) in [5, 5.41) is 0. The topological polar surface area (TPSA) is 3.24 Å². The van der Waals surface area contributed by atoms with E-state index in [9.17, 15) is 0 Å². The Bertz CT molecular complexity index is 1010. The Morgan fingerprint density at radius 1 is 0.786 bits per heavy atom. The Kier molecular flexibility index (Phi) is 4.38. The summed E-state index contributed by atoms with van der Waals surface area (Å²) in [6, 6.07) is 24.5. The van der Waals surface area contributed by atoms with Gasteiger partial charge in [0.2, 0.25) is 0 Å². The van der Waals surface area contributed by atoms with E-state index in [-0.39, 0.29) is 11.0 Å². The average molecular weight is 370 g/mol. The summed E-state index contributed by atoms with van der Waals surface area (Å²) in [5.74, 6) is 0. The molecule has 0 bridgehead atoms. The predicted molar refractivity (Wildman–Crippen MR) is 122 cm³/mol. The van der Waals surface area contributed by atoms with Gasteiger partial charge < -0.3 is 4.90 Å². The Balaban J connectivity index is 2.08. The van der Waals surface area contributed by atoms with Crippen LogP contribution in [0.25, 0.3) is 11.1 Å². The van der Waals surface area contributed by atoms with Crippen LogP contribution in [0.15, 0.2) is 66.7 Å². The maximum absolute atomic E-state index is 2.55. The molecule has 0 aliphatic heterocycles. The van der Waals surface area contributed by atoms with E-state index in [0.29, 0.717) is 0 Å². The highest BCUT2D eigenvalue weighted by molar-refractivity contribution is 5.89. The monoisotopic (exact) mass is 369 g/mol. The molecule has 1 nitrogen and oxygen atoms in total. The third-order valence-corrected chi connectivity index (χ3v) is 6.07. The number of benzene rings is 3. The zero-order valence-corrected chi connectivity index (χ0v) is 18.0. The van der Waals surface area contributed by atoms with Gasteiger partial charge in [-0.25, -0.2) is 0 Å². The van der Waals surface area contributed by atoms with E-state index in [0.717, 1.165) is 6.42 Å². The minimum absolute atomic E-state index is 0.0231. The summed E-state index contributed by atoms with van der Waals surface area (Å²) in [6.45, 7) is 14.0.